The van der Waals surface area contributed by atoms with Gasteiger partial charge in [0.25, 0.3) is 0 Å². The van der Waals surface area contributed by atoms with Crippen LogP contribution in [0.3, 0.4) is 0 Å². The molecule has 2 heteroatoms. The number of piperidine rings is 1. The van der Waals surface area contributed by atoms with Crippen molar-refractivity contribution in [2.75, 3.05) is 19.6 Å². The Morgan fingerprint density at radius 3 is 2.50 bits per heavy atom. The summed E-state index contributed by atoms with van der Waals surface area (Å²) in [6.07, 6.45) is 2.19. The maximum atomic E-state index is 10.1. The fourth-order valence-corrected chi connectivity index (χ4v) is 2.27. The number of hydrogen-bond acceptors (Lipinski definition) is 2. The summed E-state index contributed by atoms with van der Waals surface area (Å²) in [7, 11) is 0. The van der Waals surface area contributed by atoms with Crippen molar-refractivity contribution < 1.29 is 5.11 Å². The Labute approximate surface area is 97.9 Å². The second-order valence-corrected chi connectivity index (χ2v) is 4.91. The molecule has 1 heterocycles. The summed E-state index contributed by atoms with van der Waals surface area (Å²) in [6.45, 7) is 5.35. The molecular weight excluding hydrogens is 198 g/mol. The Morgan fingerprint density at radius 1 is 1.25 bits per heavy atom. The SMILES string of the molecule is CC1CCN(C[C@H](O)c2ccccc2)CC1. The lowest BCUT2D eigenvalue weighted by atomic mass is 9.98. The molecule has 0 spiro atoms. The van der Waals surface area contributed by atoms with Crippen molar-refractivity contribution in [2.24, 2.45) is 5.92 Å². The summed E-state index contributed by atoms with van der Waals surface area (Å²) >= 11 is 0. The third-order valence-corrected chi connectivity index (χ3v) is 3.49. The zero-order valence-corrected chi connectivity index (χ0v) is 9.97. The number of nitrogens with zero attached hydrogens (tertiary/aromatic N) is 1. The molecule has 0 amide bonds. The van der Waals surface area contributed by atoms with Crippen LogP contribution >= 0.6 is 0 Å². The van der Waals surface area contributed by atoms with E-state index in [-0.39, 0.29) is 6.10 Å². The monoisotopic (exact) mass is 219 g/mol. The van der Waals surface area contributed by atoms with Gasteiger partial charge in [-0.25, -0.2) is 0 Å². The lowest BCUT2D eigenvalue weighted by Crippen LogP contribution is -2.35. The molecule has 2 nitrogen and oxygen atoms in total. The fourth-order valence-electron chi connectivity index (χ4n) is 2.27. The largest absolute Gasteiger partial charge is 0.387 e. The zero-order chi connectivity index (χ0) is 11.4. The van der Waals surface area contributed by atoms with E-state index < -0.39 is 0 Å². The first-order valence-electron chi connectivity index (χ1n) is 6.21. The van der Waals surface area contributed by atoms with Crippen LogP contribution in [0, 0.1) is 5.92 Å². The number of benzene rings is 1. The van der Waals surface area contributed by atoms with Crippen LogP contribution < -0.4 is 0 Å². The van der Waals surface area contributed by atoms with Gasteiger partial charge in [-0.2, -0.15) is 0 Å². The zero-order valence-electron chi connectivity index (χ0n) is 9.97. The van der Waals surface area contributed by atoms with Gasteiger partial charge in [0.1, 0.15) is 0 Å². The van der Waals surface area contributed by atoms with E-state index in [2.05, 4.69) is 11.8 Å². The van der Waals surface area contributed by atoms with Gasteiger partial charge in [0.05, 0.1) is 6.10 Å². The van der Waals surface area contributed by atoms with Crippen molar-refractivity contribution in [2.45, 2.75) is 25.9 Å². The second-order valence-electron chi connectivity index (χ2n) is 4.91. The molecule has 0 saturated carbocycles. The summed E-state index contributed by atoms with van der Waals surface area (Å²) in [5, 5.41) is 10.1. The molecule has 0 unspecified atom stereocenters. The molecule has 0 bridgehead atoms. The summed E-state index contributed by atoms with van der Waals surface area (Å²) < 4.78 is 0. The summed E-state index contributed by atoms with van der Waals surface area (Å²) in [5.74, 6) is 0.852. The van der Waals surface area contributed by atoms with Crippen molar-refractivity contribution in [1.82, 2.24) is 4.90 Å². The summed E-state index contributed by atoms with van der Waals surface area (Å²) in [5.41, 5.74) is 1.03. The second kappa shape index (κ2) is 5.46. The summed E-state index contributed by atoms with van der Waals surface area (Å²) in [4.78, 5) is 2.37. The van der Waals surface area contributed by atoms with Crippen LogP contribution in [0.2, 0.25) is 0 Å². The van der Waals surface area contributed by atoms with E-state index in [1.54, 1.807) is 0 Å². The maximum absolute atomic E-state index is 10.1. The van der Waals surface area contributed by atoms with Gasteiger partial charge in [0.15, 0.2) is 0 Å². The maximum Gasteiger partial charge on any atom is 0.0916 e. The van der Waals surface area contributed by atoms with Crippen LogP contribution in [0.25, 0.3) is 0 Å². The molecule has 1 fully saturated rings. The standard InChI is InChI=1S/C14H21NO/c1-12-7-9-15(10-8-12)11-14(16)13-5-3-2-4-6-13/h2-6,12,14,16H,7-11H2,1H3/t14-/m0/s1. The Hall–Kier alpha value is -0.860. The number of hydrogen-bond donors (Lipinski definition) is 1. The van der Waals surface area contributed by atoms with E-state index in [4.69, 9.17) is 0 Å². The predicted molar refractivity (Wildman–Crippen MR) is 66.2 cm³/mol. The van der Waals surface area contributed by atoms with Crippen LogP contribution in [0.4, 0.5) is 0 Å². The highest BCUT2D eigenvalue weighted by Crippen LogP contribution is 2.19. The molecule has 1 atom stereocenters. The Balaban J connectivity index is 1.86. The minimum atomic E-state index is -0.338. The fraction of sp³-hybridized carbons (Fsp3) is 0.571. The molecule has 2 rings (SSSR count). The van der Waals surface area contributed by atoms with Crippen LogP contribution in [-0.4, -0.2) is 29.6 Å². The molecule has 16 heavy (non-hydrogen) atoms. The normalized spacial score (nSPS) is 20.9. The van der Waals surface area contributed by atoms with Gasteiger partial charge in [-0.05, 0) is 37.4 Å². The molecule has 1 saturated heterocycles. The van der Waals surface area contributed by atoms with Crippen molar-refractivity contribution in [1.29, 1.82) is 0 Å². The number of likely N-dealkylation sites (tertiary alicyclic amines) is 1. The highest BCUT2D eigenvalue weighted by molar-refractivity contribution is 5.17. The highest BCUT2D eigenvalue weighted by atomic mass is 16.3. The van der Waals surface area contributed by atoms with Crippen molar-refractivity contribution in [3.05, 3.63) is 35.9 Å². The van der Waals surface area contributed by atoms with Gasteiger partial charge >= 0.3 is 0 Å². The third-order valence-electron chi connectivity index (χ3n) is 3.49. The Morgan fingerprint density at radius 2 is 1.88 bits per heavy atom. The molecule has 1 aliphatic rings. The lowest BCUT2D eigenvalue weighted by Gasteiger charge is -2.31. The van der Waals surface area contributed by atoms with Gasteiger partial charge in [-0.3, -0.25) is 0 Å². The van der Waals surface area contributed by atoms with Crippen LogP contribution in [0.5, 0.6) is 0 Å². The van der Waals surface area contributed by atoms with E-state index in [0.717, 1.165) is 31.1 Å². The molecule has 1 N–H and O–H groups in total. The molecule has 1 aromatic rings. The van der Waals surface area contributed by atoms with Crippen LogP contribution in [-0.2, 0) is 0 Å². The number of aliphatic hydroxyl groups excluding tert-OH is 1. The Bertz CT molecular complexity index is 304. The van der Waals surface area contributed by atoms with Crippen LogP contribution in [0.15, 0.2) is 30.3 Å². The molecule has 88 valence electrons. The third kappa shape index (κ3) is 3.06. The summed E-state index contributed by atoms with van der Waals surface area (Å²) in [6, 6.07) is 9.95. The molecule has 0 aliphatic carbocycles. The first kappa shape index (κ1) is 11.6. The first-order valence-corrected chi connectivity index (χ1v) is 6.21. The van der Waals surface area contributed by atoms with E-state index in [1.165, 1.54) is 12.8 Å². The first-order chi connectivity index (χ1) is 7.75. The Kier molecular flexibility index (Phi) is 3.97. The van der Waals surface area contributed by atoms with E-state index in [9.17, 15) is 5.11 Å². The van der Waals surface area contributed by atoms with Gasteiger partial charge in [0.2, 0.25) is 0 Å². The molecule has 1 aliphatic heterocycles. The number of aliphatic hydroxyl groups is 1. The van der Waals surface area contributed by atoms with Gasteiger partial charge in [0, 0.05) is 6.54 Å². The number of rotatable bonds is 3. The average Bonchev–Trinajstić information content (AvgIpc) is 2.33. The topological polar surface area (TPSA) is 23.5 Å². The molecule has 1 aromatic carbocycles. The van der Waals surface area contributed by atoms with Crippen molar-refractivity contribution in [3.63, 3.8) is 0 Å². The minimum absolute atomic E-state index is 0.338. The predicted octanol–water partition coefficient (Wildman–Crippen LogP) is 2.45. The van der Waals surface area contributed by atoms with Gasteiger partial charge < -0.3 is 10.0 Å². The van der Waals surface area contributed by atoms with E-state index in [1.807, 2.05) is 30.3 Å². The highest BCUT2D eigenvalue weighted by Gasteiger charge is 2.18. The van der Waals surface area contributed by atoms with Crippen molar-refractivity contribution >= 4 is 0 Å². The number of β-amino-alcohol motifs (C(OH)–C–C–N with tert-alkyl or cyclic N) is 1. The smallest absolute Gasteiger partial charge is 0.0916 e. The van der Waals surface area contributed by atoms with Gasteiger partial charge in [-0.15, -0.1) is 0 Å². The molecule has 0 aromatic heterocycles. The quantitative estimate of drug-likeness (QED) is 0.844. The van der Waals surface area contributed by atoms with Gasteiger partial charge in [-0.1, -0.05) is 37.3 Å². The average molecular weight is 219 g/mol. The van der Waals surface area contributed by atoms with E-state index in [0.29, 0.717) is 0 Å². The van der Waals surface area contributed by atoms with E-state index >= 15 is 0 Å². The minimum Gasteiger partial charge on any atom is -0.387 e. The van der Waals surface area contributed by atoms with Crippen molar-refractivity contribution in [3.8, 4) is 0 Å². The lowest BCUT2D eigenvalue weighted by molar-refractivity contribution is 0.0916. The van der Waals surface area contributed by atoms with Crippen LogP contribution in [0.1, 0.15) is 31.4 Å². The molecule has 0 radical (unpaired) electrons. The molecular formula is C14H21NO.